The van der Waals surface area contributed by atoms with Crippen molar-refractivity contribution in [1.82, 2.24) is 15.1 Å². The number of carbonyl (C=O) groups is 1. The molecule has 1 heterocycles. The zero-order valence-corrected chi connectivity index (χ0v) is 12.0. The Hall–Kier alpha value is -1.96. The van der Waals surface area contributed by atoms with Crippen LogP contribution < -0.4 is 11.1 Å². The van der Waals surface area contributed by atoms with Crippen molar-refractivity contribution in [3.8, 4) is 0 Å². The van der Waals surface area contributed by atoms with Crippen LogP contribution >= 0.6 is 0 Å². The Morgan fingerprint density at radius 3 is 2.70 bits per heavy atom. The highest BCUT2D eigenvalue weighted by Gasteiger charge is 2.21. The average molecular weight is 283 g/mol. The maximum absolute atomic E-state index is 11.6. The zero-order chi connectivity index (χ0) is 15.3. The summed E-state index contributed by atoms with van der Waals surface area (Å²) in [4.78, 5) is 22.1. The van der Waals surface area contributed by atoms with Crippen molar-refractivity contribution in [2.24, 2.45) is 11.7 Å². The fraction of sp³-hybridized carbons (Fsp3) is 0.667. The lowest BCUT2D eigenvalue weighted by molar-refractivity contribution is -0.386. The van der Waals surface area contributed by atoms with Gasteiger partial charge in [0.05, 0.1) is 11.5 Å². The third-order valence-corrected chi connectivity index (χ3v) is 3.13. The van der Waals surface area contributed by atoms with Crippen LogP contribution in [0.1, 0.15) is 24.7 Å². The first kappa shape index (κ1) is 16.1. The number of aryl methyl sites for hydroxylation is 2. The predicted molar refractivity (Wildman–Crippen MR) is 74.2 cm³/mol. The molecule has 0 aliphatic carbocycles. The molecule has 0 aromatic carbocycles. The number of nitrogens with two attached hydrogens (primary N) is 1. The highest BCUT2D eigenvalue weighted by molar-refractivity contribution is 5.75. The van der Waals surface area contributed by atoms with Crippen molar-refractivity contribution in [2.45, 2.75) is 33.7 Å². The summed E-state index contributed by atoms with van der Waals surface area (Å²) in [6, 6.07) is 0. The van der Waals surface area contributed by atoms with Crippen LogP contribution in [-0.4, -0.2) is 33.7 Å². The lowest BCUT2D eigenvalue weighted by Gasteiger charge is -2.10. The molecule has 1 aromatic rings. The number of aromatic nitrogens is 2. The summed E-state index contributed by atoms with van der Waals surface area (Å²) < 4.78 is 1.50. The third-order valence-electron chi connectivity index (χ3n) is 3.13. The SMILES string of the molecule is Cc1nn(CCC(=O)NCC(C)CN)c(C)c1[N+](=O)[O-]. The van der Waals surface area contributed by atoms with Crippen LogP contribution in [0.15, 0.2) is 0 Å². The van der Waals surface area contributed by atoms with Crippen molar-refractivity contribution in [3.05, 3.63) is 21.5 Å². The van der Waals surface area contributed by atoms with Crippen LogP contribution in [-0.2, 0) is 11.3 Å². The Labute approximate surface area is 117 Å². The van der Waals surface area contributed by atoms with Crippen molar-refractivity contribution in [3.63, 3.8) is 0 Å². The van der Waals surface area contributed by atoms with Gasteiger partial charge in [0, 0.05) is 13.0 Å². The molecule has 0 radical (unpaired) electrons. The van der Waals surface area contributed by atoms with Crippen molar-refractivity contribution in [1.29, 1.82) is 0 Å². The van der Waals surface area contributed by atoms with Crippen LogP contribution in [0, 0.1) is 29.9 Å². The van der Waals surface area contributed by atoms with Gasteiger partial charge in [-0.3, -0.25) is 19.6 Å². The molecular formula is C12H21N5O3. The Kier molecular flexibility index (Phi) is 5.63. The van der Waals surface area contributed by atoms with E-state index < -0.39 is 4.92 Å². The maximum Gasteiger partial charge on any atom is 0.312 e. The van der Waals surface area contributed by atoms with Gasteiger partial charge in [-0.1, -0.05) is 6.92 Å². The van der Waals surface area contributed by atoms with E-state index in [1.807, 2.05) is 6.92 Å². The van der Waals surface area contributed by atoms with E-state index in [1.54, 1.807) is 13.8 Å². The number of amides is 1. The summed E-state index contributed by atoms with van der Waals surface area (Å²) in [5.74, 6) is 0.120. The smallest absolute Gasteiger partial charge is 0.312 e. The van der Waals surface area contributed by atoms with Gasteiger partial charge in [-0.05, 0) is 26.3 Å². The van der Waals surface area contributed by atoms with Crippen LogP contribution in [0.2, 0.25) is 0 Å². The molecule has 0 aliphatic heterocycles. The predicted octanol–water partition coefficient (Wildman–Crippen LogP) is 0.509. The maximum atomic E-state index is 11.6. The number of nitrogens with one attached hydrogen (secondary N) is 1. The van der Waals surface area contributed by atoms with Crippen LogP contribution in [0.3, 0.4) is 0 Å². The van der Waals surface area contributed by atoms with E-state index >= 15 is 0 Å². The zero-order valence-electron chi connectivity index (χ0n) is 12.0. The second kappa shape index (κ2) is 6.99. The lowest BCUT2D eigenvalue weighted by atomic mass is 10.2. The van der Waals surface area contributed by atoms with Gasteiger partial charge in [-0.25, -0.2) is 0 Å². The van der Waals surface area contributed by atoms with Gasteiger partial charge in [0.2, 0.25) is 5.91 Å². The molecule has 1 rings (SSSR count). The van der Waals surface area contributed by atoms with E-state index in [0.29, 0.717) is 31.0 Å². The highest BCUT2D eigenvalue weighted by atomic mass is 16.6. The largest absolute Gasteiger partial charge is 0.356 e. The minimum absolute atomic E-state index is 0.0159. The molecule has 8 nitrogen and oxygen atoms in total. The Morgan fingerprint density at radius 2 is 2.20 bits per heavy atom. The molecule has 0 aliphatic rings. The molecule has 0 spiro atoms. The van der Waals surface area contributed by atoms with Gasteiger partial charge in [-0.2, -0.15) is 5.10 Å². The minimum atomic E-state index is -0.447. The van der Waals surface area contributed by atoms with Crippen molar-refractivity contribution < 1.29 is 9.72 Å². The van der Waals surface area contributed by atoms with Gasteiger partial charge in [0.1, 0.15) is 11.4 Å². The second-order valence-corrected chi connectivity index (χ2v) is 4.89. The van der Waals surface area contributed by atoms with Gasteiger partial charge < -0.3 is 11.1 Å². The first-order chi connectivity index (χ1) is 9.36. The lowest BCUT2D eigenvalue weighted by Crippen LogP contribution is -2.31. The number of nitro groups is 1. The van der Waals surface area contributed by atoms with E-state index in [2.05, 4.69) is 10.4 Å². The van der Waals surface area contributed by atoms with Gasteiger partial charge in [0.25, 0.3) is 0 Å². The normalized spacial score (nSPS) is 12.2. The minimum Gasteiger partial charge on any atom is -0.356 e. The Morgan fingerprint density at radius 1 is 1.55 bits per heavy atom. The van der Waals surface area contributed by atoms with Gasteiger partial charge in [-0.15, -0.1) is 0 Å². The van der Waals surface area contributed by atoms with Gasteiger partial charge >= 0.3 is 5.69 Å². The summed E-state index contributed by atoms with van der Waals surface area (Å²) in [5.41, 5.74) is 6.31. The second-order valence-electron chi connectivity index (χ2n) is 4.89. The first-order valence-electron chi connectivity index (χ1n) is 6.52. The van der Waals surface area contributed by atoms with Gasteiger partial charge in [0.15, 0.2) is 0 Å². The monoisotopic (exact) mass is 283 g/mol. The third kappa shape index (κ3) is 4.02. The number of nitrogens with zero attached hydrogens (tertiary/aromatic N) is 3. The van der Waals surface area contributed by atoms with Crippen molar-refractivity contribution in [2.75, 3.05) is 13.1 Å². The fourth-order valence-electron chi connectivity index (χ4n) is 1.84. The molecular weight excluding hydrogens is 262 g/mol. The molecule has 0 saturated heterocycles. The van der Waals surface area contributed by atoms with E-state index in [9.17, 15) is 14.9 Å². The molecule has 1 atom stereocenters. The van der Waals surface area contributed by atoms with Crippen LogP contribution in [0.25, 0.3) is 0 Å². The molecule has 1 aromatic heterocycles. The topological polar surface area (TPSA) is 116 Å². The molecule has 3 N–H and O–H groups in total. The average Bonchev–Trinajstić information content (AvgIpc) is 2.68. The summed E-state index contributed by atoms with van der Waals surface area (Å²) in [6.07, 6.45) is 0.233. The van der Waals surface area contributed by atoms with E-state index in [4.69, 9.17) is 5.73 Å². The first-order valence-corrected chi connectivity index (χ1v) is 6.52. The summed E-state index contributed by atoms with van der Waals surface area (Å²) >= 11 is 0. The molecule has 0 fully saturated rings. The molecule has 1 unspecified atom stereocenters. The Balaban J connectivity index is 2.56. The molecule has 1 amide bonds. The highest BCUT2D eigenvalue weighted by Crippen LogP contribution is 2.21. The molecule has 8 heteroatoms. The van der Waals surface area contributed by atoms with Crippen LogP contribution in [0.4, 0.5) is 5.69 Å². The van der Waals surface area contributed by atoms with E-state index in [-0.39, 0.29) is 23.9 Å². The Bertz CT molecular complexity index is 498. The molecule has 20 heavy (non-hydrogen) atoms. The molecule has 0 saturated carbocycles. The quantitative estimate of drug-likeness (QED) is 0.558. The number of hydrogen-bond acceptors (Lipinski definition) is 5. The van der Waals surface area contributed by atoms with Crippen molar-refractivity contribution >= 4 is 11.6 Å². The number of carbonyl (C=O) groups excluding carboxylic acids is 1. The molecule has 112 valence electrons. The summed E-state index contributed by atoms with van der Waals surface area (Å²) in [6.45, 7) is 6.54. The van der Waals surface area contributed by atoms with E-state index in [0.717, 1.165) is 0 Å². The number of hydrogen-bond donors (Lipinski definition) is 2. The standard InChI is InChI=1S/C12H21N5O3/c1-8(6-13)7-14-11(18)4-5-16-10(3)12(17(19)20)9(2)15-16/h8H,4-7,13H2,1-3H3,(H,14,18). The molecule has 0 bridgehead atoms. The summed E-state index contributed by atoms with van der Waals surface area (Å²) in [7, 11) is 0. The van der Waals surface area contributed by atoms with Crippen LogP contribution in [0.5, 0.6) is 0 Å². The number of rotatable bonds is 7. The fourth-order valence-corrected chi connectivity index (χ4v) is 1.84. The summed E-state index contributed by atoms with van der Waals surface area (Å²) in [5, 5.41) is 17.7. The van der Waals surface area contributed by atoms with E-state index in [1.165, 1.54) is 4.68 Å².